The molecule has 0 radical (unpaired) electrons. The summed E-state index contributed by atoms with van der Waals surface area (Å²) < 4.78 is 29.2. The van der Waals surface area contributed by atoms with E-state index in [0.717, 1.165) is 5.69 Å². The van der Waals surface area contributed by atoms with Gasteiger partial charge in [0.15, 0.2) is 4.90 Å². The predicted octanol–water partition coefficient (Wildman–Crippen LogP) is 2.34. The third-order valence-corrected chi connectivity index (χ3v) is 6.20. The highest BCUT2D eigenvalue weighted by Gasteiger charge is 2.40. The quantitative estimate of drug-likeness (QED) is 0.609. The zero-order chi connectivity index (χ0) is 17.3. The van der Waals surface area contributed by atoms with E-state index in [4.69, 9.17) is 0 Å². The van der Waals surface area contributed by atoms with Crippen molar-refractivity contribution in [3.63, 3.8) is 0 Å². The van der Waals surface area contributed by atoms with Gasteiger partial charge in [-0.15, -0.1) is 0 Å². The number of nitro benzene ring substituents is 1. The van der Waals surface area contributed by atoms with Crippen LogP contribution in [0.2, 0.25) is 0 Å². The maximum atomic E-state index is 13.1. The molecule has 128 valence electrons. The molecule has 1 saturated heterocycles. The fraction of sp³-hybridized carbons (Fsp3) is 0.400. The van der Waals surface area contributed by atoms with E-state index in [-0.39, 0.29) is 10.9 Å². The van der Waals surface area contributed by atoms with Crippen LogP contribution in [0, 0.1) is 10.1 Å². The second-order valence-corrected chi connectivity index (χ2v) is 7.43. The van der Waals surface area contributed by atoms with Crippen LogP contribution in [-0.4, -0.2) is 34.0 Å². The van der Waals surface area contributed by atoms with Crippen molar-refractivity contribution >= 4 is 15.7 Å². The first-order valence-corrected chi connectivity index (χ1v) is 9.17. The number of rotatable bonds is 5. The molecule has 0 unspecified atom stereocenters. The Morgan fingerprint density at radius 1 is 1.33 bits per heavy atom. The molecule has 8 nitrogen and oxygen atoms in total. The standard InChI is InChI=1S/C15H18N4O4S/c1-2-17-12(9-10-16-17)13-7-5-11-18(13)24(22,23)15-8-4-3-6-14(15)19(20)21/h3-4,6,8-10,13H,2,5,7,11H2,1H3/t13-/m0/s1. The van der Waals surface area contributed by atoms with E-state index in [1.54, 1.807) is 16.9 Å². The normalized spacial score (nSPS) is 18.8. The third-order valence-electron chi connectivity index (χ3n) is 4.24. The largest absolute Gasteiger partial charge is 0.289 e. The van der Waals surface area contributed by atoms with Crippen LogP contribution >= 0.6 is 0 Å². The molecule has 0 amide bonds. The molecule has 1 aliphatic rings. The Hall–Kier alpha value is -2.26. The molecule has 2 heterocycles. The summed E-state index contributed by atoms with van der Waals surface area (Å²) in [5.41, 5.74) is 0.421. The predicted molar refractivity (Wildman–Crippen MR) is 86.9 cm³/mol. The van der Waals surface area contributed by atoms with Crippen LogP contribution in [0.25, 0.3) is 0 Å². The molecular formula is C15H18N4O4S. The van der Waals surface area contributed by atoms with Gasteiger partial charge in [-0.1, -0.05) is 12.1 Å². The zero-order valence-corrected chi connectivity index (χ0v) is 14.0. The van der Waals surface area contributed by atoms with Gasteiger partial charge >= 0.3 is 0 Å². The van der Waals surface area contributed by atoms with Crippen molar-refractivity contribution in [3.8, 4) is 0 Å². The van der Waals surface area contributed by atoms with Crippen molar-refractivity contribution < 1.29 is 13.3 Å². The summed E-state index contributed by atoms with van der Waals surface area (Å²) in [6, 6.07) is 6.93. The molecule has 1 aromatic carbocycles. The topological polar surface area (TPSA) is 98.3 Å². The highest BCUT2D eigenvalue weighted by Crippen LogP contribution is 2.38. The van der Waals surface area contributed by atoms with E-state index >= 15 is 0 Å². The number of benzene rings is 1. The van der Waals surface area contributed by atoms with Gasteiger partial charge in [-0.25, -0.2) is 8.42 Å². The first kappa shape index (κ1) is 16.6. The lowest BCUT2D eigenvalue weighted by molar-refractivity contribution is -0.387. The van der Waals surface area contributed by atoms with Crippen LogP contribution in [0.5, 0.6) is 0 Å². The molecule has 0 bridgehead atoms. The van der Waals surface area contributed by atoms with Crippen LogP contribution in [-0.2, 0) is 16.6 Å². The summed E-state index contributed by atoms with van der Waals surface area (Å²) in [5.74, 6) is 0. The minimum absolute atomic E-state index is 0.260. The molecular weight excluding hydrogens is 332 g/mol. The minimum atomic E-state index is -3.96. The zero-order valence-electron chi connectivity index (χ0n) is 13.2. The lowest BCUT2D eigenvalue weighted by Gasteiger charge is -2.24. The molecule has 1 atom stereocenters. The second-order valence-electron chi connectivity index (χ2n) is 5.57. The lowest BCUT2D eigenvalue weighted by atomic mass is 10.1. The Morgan fingerprint density at radius 3 is 2.79 bits per heavy atom. The van der Waals surface area contributed by atoms with Crippen molar-refractivity contribution in [1.29, 1.82) is 0 Å². The van der Waals surface area contributed by atoms with Crippen LogP contribution in [0.4, 0.5) is 5.69 Å². The number of nitrogens with zero attached hydrogens (tertiary/aromatic N) is 4. The highest BCUT2D eigenvalue weighted by atomic mass is 32.2. The van der Waals surface area contributed by atoms with Crippen LogP contribution < -0.4 is 0 Å². The number of hydrogen-bond acceptors (Lipinski definition) is 5. The van der Waals surface area contributed by atoms with Gasteiger partial charge in [0.25, 0.3) is 15.7 Å². The molecule has 0 saturated carbocycles. The fourth-order valence-corrected chi connectivity index (χ4v) is 4.99. The molecule has 0 spiro atoms. The molecule has 9 heteroatoms. The van der Waals surface area contributed by atoms with Gasteiger partial charge in [0.2, 0.25) is 0 Å². The number of sulfonamides is 1. The summed E-state index contributed by atoms with van der Waals surface area (Å²) in [6.07, 6.45) is 3.03. The maximum Gasteiger partial charge on any atom is 0.289 e. The molecule has 1 aromatic heterocycles. The molecule has 2 aromatic rings. The van der Waals surface area contributed by atoms with Gasteiger partial charge in [-0.3, -0.25) is 14.8 Å². The van der Waals surface area contributed by atoms with Crippen LogP contribution in [0.1, 0.15) is 31.5 Å². The first-order chi connectivity index (χ1) is 11.5. The number of nitro groups is 1. The number of aromatic nitrogens is 2. The van der Waals surface area contributed by atoms with Crippen LogP contribution in [0.3, 0.4) is 0 Å². The minimum Gasteiger partial charge on any atom is -0.268 e. The first-order valence-electron chi connectivity index (χ1n) is 7.73. The summed E-state index contributed by atoms with van der Waals surface area (Å²) in [4.78, 5) is 10.3. The van der Waals surface area contributed by atoms with Gasteiger partial charge in [-0.05, 0) is 31.9 Å². The SMILES string of the molecule is CCn1nccc1[C@@H]1CCCN1S(=O)(=O)c1ccccc1[N+](=O)[O-]. The third kappa shape index (κ3) is 2.69. The molecule has 1 fully saturated rings. The molecule has 0 N–H and O–H groups in total. The van der Waals surface area contributed by atoms with E-state index < -0.39 is 20.6 Å². The van der Waals surface area contributed by atoms with E-state index in [9.17, 15) is 18.5 Å². The van der Waals surface area contributed by atoms with E-state index in [2.05, 4.69) is 5.10 Å². The lowest BCUT2D eigenvalue weighted by Crippen LogP contribution is -2.32. The summed E-state index contributed by atoms with van der Waals surface area (Å²) >= 11 is 0. The Morgan fingerprint density at radius 2 is 2.08 bits per heavy atom. The number of para-hydroxylation sites is 1. The van der Waals surface area contributed by atoms with Crippen molar-refractivity contribution in [3.05, 3.63) is 52.3 Å². The highest BCUT2D eigenvalue weighted by molar-refractivity contribution is 7.89. The van der Waals surface area contributed by atoms with Crippen molar-refractivity contribution in [2.24, 2.45) is 0 Å². The Bertz CT molecular complexity index is 862. The van der Waals surface area contributed by atoms with Crippen LogP contribution in [0.15, 0.2) is 41.4 Å². The smallest absolute Gasteiger partial charge is 0.268 e. The van der Waals surface area contributed by atoms with Crippen molar-refractivity contribution in [2.75, 3.05) is 6.54 Å². The molecule has 1 aliphatic heterocycles. The van der Waals surface area contributed by atoms with Gasteiger partial charge < -0.3 is 0 Å². The Balaban J connectivity index is 2.05. The summed E-state index contributed by atoms with van der Waals surface area (Å²) in [6.45, 7) is 2.92. The summed E-state index contributed by atoms with van der Waals surface area (Å²) in [5, 5.41) is 15.4. The Labute approximate surface area is 139 Å². The second kappa shape index (κ2) is 6.33. The van der Waals surface area contributed by atoms with Gasteiger partial charge in [-0.2, -0.15) is 9.40 Å². The van der Waals surface area contributed by atoms with Crippen molar-refractivity contribution in [1.82, 2.24) is 14.1 Å². The Kier molecular flexibility index (Phi) is 4.37. The summed E-state index contributed by atoms with van der Waals surface area (Å²) in [7, 11) is -3.96. The van der Waals surface area contributed by atoms with Gasteiger partial charge in [0, 0.05) is 25.4 Å². The molecule has 24 heavy (non-hydrogen) atoms. The van der Waals surface area contributed by atoms with E-state index in [1.807, 2.05) is 6.92 Å². The molecule has 3 rings (SSSR count). The number of aryl methyl sites for hydroxylation is 1. The van der Waals surface area contributed by atoms with Crippen molar-refractivity contribution in [2.45, 2.75) is 37.2 Å². The van der Waals surface area contributed by atoms with Gasteiger partial charge in [0.05, 0.1) is 16.7 Å². The maximum absolute atomic E-state index is 13.1. The average molecular weight is 350 g/mol. The molecule has 0 aliphatic carbocycles. The fourth-order valence-electron chi connectivity index (χ4n) is 3.17. The van der Waals surface area contributed by atoms with E-state index in [0.29, 0.717) is 25.9 Å². The number of hydrogen-bond donors (Lipinski definition) is 0. The van der Waals surface area contributed by atoms with E-state index in [1.165, 1.54) is 28.6 Å². The monoisotopic (exact) mass is 350 g/mol. The van der Waals surface area contributed by atoms with Gasteiger partial charge in [0.1, 0.15) is 0 Å². The average Bonchev–Trinajstić information content (AvgIpc) is 3.23.